The standard InChI is InChI=1S/C21H19N3O2/c1-26-17-11-9-16(10-12-17)22-21(25)18-6-4-8-20(23-18)24-14-13-15-5-2-3-7-19(15)24/h2-12H,13-14H2,1H3,(H,22,25). The van der Waals surface area contributed by atoms with Crippen molar-refractivity contribution in [2.75, 3.05) is 23.9 Å². The number of nitrogens with one attached hydrogen (secondary N) is 1. The zero-order chi connectivity index (χ0) is 17.9. The Morgan fingerprint density at radius 2 is 1.85 bits per heavy atom. The van der Waals surface area contributed by atoms with Gasteiger partial charge in [-0.1, -0.05) is 24.3 Å². The lowest BCUT2D eigenvalue weighted by molar-refractivity contribution is 0.102. The van der Waals surface area contributed by atoms with Crippen molar-refractivity contribution in [3.05, 3.63) is 78.0 Å². The number of carbonyl (C=O) groups is 1. The van der Waals surface area contributed by atoms with E-state index < -0.39 is 0 Å². The number of amides is 1. The molecule has 0 saturated heterocycles. The third-order valence-corrected chi connectivity index (χ3v) is 4.48. The number of para-hydroxylation sites is 1. The summed E-state index contributed by atoms with van der Waals surface area (Å²) in [7, 11) is 1.61. The highest BCUT2D eigenvalue weighted by atomic mass is 16.5. The zero-order valence-corrected chi connectivity index (χ0v) is 14.5. The Morgan fingerprint density at radius 3 is 2.65 bits per heavy atom. The maximum Gasteiger partial charge on any atom is 0.274 e. The fraction of sp³-hybridized carbons (Fsp3) is 0.143. The van der Waals surface area contributed by atoms with Crippen molar-refractivity contribution in [2.45, 2.75) is 6.42 Å². The molecule has 130 valence electrons. The predicted molar refractivity (Wildman–Crippen MR) is 102 cm³/mol. The van der Waals surface area contributed by atoms with Gasteiger partial charge < -0.3 is 15.0 Å². The lowest BCUT2D eigenvalue weighted by Gasteiger charge is -2.18. The van der Waals surface area contributed by atoms with Crippen molar-refractivity contribution >= 4 is 23.1 Å². The summed E-state index contributed by atoms with van der Waals surface area (Å²) < 4.78 is 5.13. The van der Waals surface area contributed by atoms with Crippen LogP contribution in [0.4, 0.5) is 17.2 Å². The summed E-state index contributed by atoms with van der Waals surface area (Å²) in [6.07, 6.45) is 0.986. The van der Waals surface area contributed by atoms with E-state index in [1.165, 1.54) is 5.56 Å². The third kappa shape index (κ3) is 3.11. The van der Waals surface area contributed by atoms with Gasteiger partial charge in [-0.05, 0) is 54.4 Å². The van der Waals surface area contributed by atoms with Gasteiger partial charge in [-0.3, -0.25) is 4.79 Å². The molecule has 26 heavy (non-hydrogen) atoms. The molecule has 5 heteroatoms. The van der Waals surface area contributed by atoms with Crippen molar-refractivity contribution in [2.24, 2.45) is 0 Å². The SMILES string of the molecule is COc1ccc(NC(=O)c2cccc(N3CCc4ccccc43)n2)cc1. The number of rotatable bonds is 4. The van der Waals surface area contributed by atoms with Gasteiger partial charge in [-0.25, -0.2) is 4.98 Å². The quantitative estimate of drug-likeness (QED) is 0.775. The van der Waals surface area contributed by atoms with Crippen LogP contribution in [0.2, 0.25) is 0 Å². The van der Waals surface area contributed by atoms with E-state index in [-0.39, 0.29) is 5.91 Å². The number of fused-ring (bicyclic) bond motifs is 1. The molecule has 0 spiro atoms. The van der Waals surface area contributed by atoms with Crippen LogP contribution in [0.25, 0.3) is 0 Å². The Bertz CT molecular complexity index is 938. The van der Waals surface area contributed by atoms with Crippen LogP contribution in [0.15, 0.2) is 66.7 Å². The lowest BCUT2D eigenvalue weighted by Crippen LogP contribution is -2.18. The molecular formula is C21H19N3O2. The van der Waals surface area contributed by atoms with Crippen LogP contribution in [0.5, 0.6) is 5.75 Å². The molecule has 0 bridgehead atoms. The lowest BCUT2D eigenvalue weighted by atomic mass is 10.2. The van der Waals surface area contributed by atoms with Crippen molar-refractivity contribution in [3.8, 4) is 5.75 Å². The van der Waals surface area contributed by atoms with Gasteiger partial charge in [-0.2, -0.15) is 0 Å². The summed E-state index contributed by atoms with van der Waals surface area (Å²) in [5.74, 6) is 1.30. The normalized spacial score (nSPS) is 12.6. The van der Waals surface area contributed by atoms with E-state index in [4.69, 9.17) is 4.74 Å². The van der Waals surface area contributed by atoms with E-state index in [1.807, 2.05) is 18.2 Å². The van der Waals surface area contributed by atoms with E-state index in [2.05, 4.69) is 33.4 Å². The summed E-state index contributed by atoms with van der Waals surface area (Å²) >= 11 is 0. The Labute approximate surface area is 152 Å². The molecule has 3 aromatic rings. The van der Waals surface area contributed by atoms with Gasteiger partial charge in [0.05, 0.1) is 7.11 Å². The average Bonchev–Trinajstić information content (AvgIpc) is 3.13. The van der Waals surface area contributed by atoms with Gasteiger partial charge in [-0.15, -0.1) is 0 Å². The second kappa shape index (κ2) is 6.88. The third-order valence-electron chi connectivity index (χ3n) is 4.48. The molecule has 2 aromatic carbocycles. The number of methoxy groups -OCH3 is 1. The summed E-state index contributed by atoms with van der Waals surface area (Å²) in [6.45, 7) is 0.871. The molecule has 0 aliphatic carbocycles. The Hall–Kier alpha value is -3.34. The van der Waals surface area contributed by atoms with Gasteiger partial charge in [0.15, 0.2) is 0 Å². The summed E-state index contributed by atoms with van der Waals surface area (Å²) in [4.78, 5) is 19.3. The number of hydrogen-bond acceptors (Lipinski definition) is 4. The molecule has 1 aliphatic heterocycles. The first-order valence-corrected chi connectivity index (χ1v) is 8.52. The van der Waals surface area contributed by atoms with Crippen LogP contribution in [0.1, 0.15) is 16.1 Å². The van der Waals surface area contributed by atoms with Crippen LogP contribution < -0.4 is 15.0 Å². The van der Waals surface area contributed by atoms with E-state index in [0.29, 0.717) is 11.4 Å². The highest BCUT2D eigenvalue weighted by Crippen LogP contribution is 2.33. The number of ether oxygens (including phenoxy) is 1. The molecule has 1 aromatic heterocycles. The minimum absolute atomic E-state index is 0.232. The van der Waals surface area contributed by atoms with Gasteiger partial charge >= 0.3 is 0 Å². The maximum atomic E-state index is 12.6. The van der Waals surface area contributed by atoms with Gasteiger partial charge in [0.2, 0.25) is 0 Å². The first-order chi connectivity index (χ1) is 12.7. The fourth-order valence-corrected chi connectivity index (χ4v) is 3.15. The highest BCUT2D eigenvalue weighted by molar-refractivity contribution is 6.03. The summed E-state index contributed by atoms with van der Waals surface area (Å²) in [6, 6.07) is 21.0. The smallest absolute Gasteiger partial charge is 0.274 e. The van der Waals surface area contributed by atoms with Crippen LogP contribution in [-0.2, 0) is 6.42 Å². The number of pyridine rings is 1. The number of anilines is 3. The molecule has 4 rings (SSSR count). The average molecular weight is 345 g/mol. The topological polar surface area (TPSA) is 54.5 Å². The number of aromatic nitrogens is 1. The monoisotopic (exact) mass is 345 g/mol. The molecule has 0 saturated carbocycles. The minimum Gasteiger partial charge on any atom is -0.497 e. The van der Waals surface area contributed by atoms with Gasteiger partial charge in [0.25, 0.3) is 5.91 Å². The number of hydrogen-bond donors (Lipinski definition) is 1. The van der Waals surface area contributed by atoms with E-state index in [1.54, 1.807) is 37.4 Å². The molecule has 0 unspecified atom stereocenters. The molecule has 2 heterocycles. The van der Waals surface area contributed by atoms with Crippen molar-refractivity contribution in [1.82, 2.24) is 4.98 Å². The molecule has 5 nitrogen and oxygen atoms in total. The first kappa shape index (κ1) is 16.1. The molecule has 0 radical (unpaired) electrons. The minimum atomic E-state index is -0.232. The van der Waals surface area contributed by atoms with Gasteiger partial charge in [0.1, 0.15) is 17.3 Å². The van der Waals surface area contributed by atoms with Crippen molar-refractivity contribution in [1.29, 1.82) is 0 Å². The van der Waals surface area contributed by atoms with Crippen molar-refractivity contribution in [3.63, 3.8) is 0 Å². The van der Waals surface area contributed by atoms with Crippen LogP contribution in [0, 0.1) is 0 Å². The highest BCUT2D eigenvalue weighted by Gasteiger charge is 2.21. The predicted octanol–water partition coefficient (Wildman–Crippen LogP) is 4.04. The second-order valence-corrected chi connectivity index (χ2v) is 6.09. The maximum absolute atomic E-state index is 12.6. The fourth-order valence-electron chi connectivity index (χ4n) is 3.15. The Balaban J connectivity index is 1.55. The molecule has 1 N–H and O–H groups in total. The summed E-state index contributed by atoms with van der Waals surface area (Å²) in [5, 5.41) is 2.87. The molecule has 1 amide bonds. The molecule has 0 fully saturated rings. The second-order valence-electron chi connectivity index (χ2n) is 6.09. The van der Waals surface area contributed by atoms with Crippen LogP contribution in [0.3, 0.4) is 0 Å². The summed E-state index contributed by atoms with van der Waals surface area (Å²) in [5.41, 5.74) is 3.56. The number of carbonyl (C=O) groups excluding carboxylic acids is 1. The Morgan fingerprint density at radius 1 is 1.04 bits per heavy atom. The number of benzene rings is 2. The first-order valence-electron chi connectivity index (χ1n) is 8.52. The van der Waals surface area contributed by atoms with Crippen LogP contribution in [-0.4, -0.2) is 24.5 Å². The largest absolute Gasteiger partial charge is 0.497 e. The molecule has 0 atom stereocenters. The molecule has 1 aliphatic rings. The van der Waals surface area contributed by atoms with Crippen molar-refractivity contribution < 1.29 is 9.53 Å². The van der Waals surface area contributed by atoms with Gasteiger partial charge in [0, 0.05) is 17.9 Å². The molecular weight excluding hydrogens is 326 g/mol. The number of nitrogens with zero attached hydrogens (tertiary/aromatic N) is 2. The Kier molecular flexibility index (Phi) is 4.27. The van der Waals surface area contributed by atoms with E-state index in [0.717, 1.165) is 30.2 Å². The van der Waals surface area contributed by atoms with Crippen LogP contribution >= 0.6 is 0 Å². The zero-order valence-electron chi connectivity index (χ0n) is 14.5. The van der Waals surface area contributed by atoms with E-state index >= 15 is 0 Å². The van der Waals surface area contributed by atoms with E-state index in [9.17, 15) is 4.79 Å².